The summed E-state index contributed by atoms with van der Waals surface area (Å²) in [5.41, 5.74) is 0.817. The number of amides is 1. The van der Waals surface area contributed by atoms with E-state index in [1.807, 2.05) is 0 Å². The number of aromatic hydroxyl groups is 1. The van der Waals surface area contributed by atoms with Crippen molar-refractivity contribution in [2.45, 2.75) is 18.1 Å². The van der Waals surface area contributed by atoms with Crippen molar-refractivity contribution in [3.05, 3.63) is 61.2 Å². The third kappa shape index (κ3) is 6.01. The predicted octanol–water partition coefficient (Wildman–Crippen LogP) is 4.47. The Morgan fingerprint density at radius 1 is 1.19 bits per heavy atom. The second-order valence-corrected chi connectivity index (χ2v) is 7.07. The number of alkyl halides is 3. The number of ether oxygens (including phenoxy) is 1. The smallest absolute Gasteiger partial charge is 0.507 e. The van der Waals surface area contributed by atoms with E-state index in [1.54, 1.807) is 28.8 Å². The third-order valence-corrected chi connectivity index (χ3v) is 4.84. The van der Waals surface area contributed by atoms with Gasteiger partial charge >= 0.3 is 6.36 Å². The Hall–Kier alpha value is -3.47. The van der Waals surface area contributed by atoms with E-state index in [-0.39, 0.29) is 23.2 Å². The molecule has 1 heterocycles. The van der Waals surface area contributed by atoms with E-state index in [0.29, 0.717) is 28.8 Å². The monoisotopic (exact) mass is 450 g/mol. The van der Waals surface area contributed by atoms with Crippen LogP contribution >= 0.6 is 11.8 Å². The van der Waals surface area contributed by atoms with E-state index in [9.17, 15) is 23.1 Å². The number of thioether (sulfide) groups is 1. The number of nitrogens with zero attached hydrogens (tertiary/aromatic N) is 3. The van der Waals surface area contributed by atoms with Crippen LogP contribution in [0.1, 0.15) is 0 Å². The van der Waals surface area contributed by atoms with Crippen molar-refractivity contribution < 1.29 is 27.8 Å². The molecule has 0 radical (unpaired) electrons. The van der Waals surface area contributed by atoms with Crippen molar-refractivity contribution in [2.75, 3.05) is 11.1 Å². The maximum Gasteiger partial charge on any atom is 0.573 e. The Morgan fingerprint density at radius 2 is 1.90 bits per heavy atom. The molecule has 1 amide bonds. The summed E-state index contributed by atoms with van der Waals surface area (Å²) in [4.78, 5) is 12.2. The highest BCUT2D eigenvalue weighted by Gasteiger charge is 2.31. The van der Waals surface area contributed by atoms with Gasteiger partial charge in [0, 0.05) is 12.2 Å². The molecule has 0 fully saturated rings. The minimum absolute atomic E-state index is 0.0170. The number of nitrogens with one attached hydrogen (secondary N) is 1. The highest BCUT2D eigenvalue weighted by atomic mass is 32.2. The average molecular weight is 450 g/mol. The summed E-state index contributed by atoms with van der Waals surface area (Å²) in [6.07, 6.45) is -3.14. The van der Waals surface area contributed by atoms with Gasteiger partial charge in [0.2, 0.25) is 5.91 Å². The zero-order valence-corrected chi connectivity index (χ0v) is 16.8. The first kappa shape index (κ1) is 22.2. The number of rotatable bonds is 8. The second-order valence-electron chi connectivity index (χ2n) is 6.13. The highest BCUT2D eigenvalue weighted by molar-refractivity contribution is 7.99. The molecule has 0 bridgehead atoms. The summed E-state index contributed by atoms with van der Waals surface area (Å²) in [7, 11) is 0. The van der Waals surface area contributed by atoms with Crippen LogP contribution in [0.25, 0.3) is 11.4 Å². The van der Waals surface area contributed by atoms with Crippen LogP contribution in [0.2, 0.25) is 0 Å². The van der Waals surface area contributed by atoms with Gasteiger partial charge in [-0.3, -0.25) is 9.36 Å². The van der Waals surface area contributed by atoms with Crippen LogP contribution < -0.4 is 10.1 Å². The maximum absolute atomic E-state index is 12.2. The number of anilines is 1. The number of halogens is 3. The summed E-state index contributed by atoms with van der Waals surface area (Å²) in [5, 5.41) is 21.3. The van der Waals surface area contributed by atoms with Gasteiger partial charge in [-0.05, 0) is 36.4 Å². The van der Waals surface area contributed by atoms with Crippen LogP contribution in [0.4, 0.5) is 18.9 Å². The Morgan fingerprint density at radius 3 is 2.55 bits per heavy atom. The molecule has 7 nitrogen and oxygen atoms in total. The van der Waals surface area contributed by atoms with Crippen molar-refractivity contribution in [3.8, 4) is 22.9 Å². The fraction of sp³-hybridized carbons (Fsp3) is 0.150. The molecule has 162 valence electrons. The van der Waals surface area contributed by atoms with Gasteiger partial charge in [0.15, 0.2) is 11.0 Å². The number of para-hydroxylation sites is 1. The SMILES string of the molecule is C=CCn1c(SCC(=O)Nc2ccc(OC(F)(F)F)cc2)nnc1-c1ccccc1O. The van der Waals surface area contributed by atoms with Crippen LogP contribution in [-0.4, -0.2) is 37.9 Å². The maximum atomic E-state index is 12.2. The molecule has 0 aliphatic rings. The van der Waals surface area contributed by atoms with Crippen molar-refractivity contribution >= 4 is 23.4 Å². The molecule has 0 aliphatic carbocycles. The molecule has 31 heavy (non-hydrogen) atoms. The lowest BCUT2D eigenvalue weighted by molar-refractivity contribution is -0.274. The second kappa shape index (κ2) is 9.56. The Kier molecular flexibility index (Phi) is 6.85. The number of benzene rings is 2. The van der Waals surface area contributed by atoms with Gasteiger partial charge in [0.05, 0.1) is 11.3 Å². The highest BCUT2D eigenvalue weighted by Crippen LogP contribution is 2.30. The van der Waals surface area contributed by atoms with Crippen LogP contribution in [0, 0.1) is 0 Å². The van der Waals surface area contributed by atoms with E-state index in [2.05, 4.69) is 26.8 Å². The lowest BCUT2D eigenvalue weighted by atomic mass is 10.2. The predicted molar refractivity (Wildman–Crippen MR) is 110 cm³/mol. The van der Waals surface area contributed by atoms with E-state index in [1.165, 1.54) is 18.2 Å². The van der Waals surface area contributed by atoms with Gasteiger partial charge in [-0.2, -0.15) is 0 Å². The van der Waals surface area contributed by atoms with Crippen LogP contribution in [0.5, 0.6) is 11.5 Å². The molecule has 0 spiro atoms. The van der Waals surface area contributed by atoms with Crippen molar-refractivity contribution in [1.29, 1.82) is 0 Å². The first-order valence-electron chi connectivity index (χ1n) is 8.88. The first-order chi connectivity index (χ1) is 14.8. The van der Waals surface area contributed by atoms with Gasteiger partial charge in [-0.15, -0.1) is 29.9 Å². The fourth-order valence-corrected chi connectivity index (χ4v) is 3.37. The van der Waals surface area contributed by atoms with Crippen molar-refractivity contribution in [1.82, 2.24) is 14.8 Å². The van der Waals surface area contributed by atoms with E-state index >= 15 is 0 Å². The molecular weight excluding hydrogens is 433 g/mol. The molecule has 2 aromatic carbocycles. The number of aromatic nitrogens is 3. The average Bonchev–Trinajstić information content (AvgIpc) is 3.10. The number of hydrogen-bond acceptors (Lipinski definition) is 6. The molecule has 0 aliphatic heterocycles. The molecule has 0 saturated heterocycles. The molecule has 0 unspecified atom stereocenters. The van der Waals surface area contributed by atoms with E-state index in [4.69, 9.17) is 0 Å². The number of phenols is 1. The van der Waals surface area contributed by atoms with Crippen LogP contribution in [-0.2, 0) is 11.3 Å². The van der Waals surface area contributed by atoms with Gasteiger partial charge in [0.1, 0.15) is 11.5 Å². The summed E-state index contributed by atoms with van der Waals surface area (Å²) in [6, 6.07) is 11.5. The number of allylic oxidation sites excluding steroid dienone is 1. The molecule has 11 heteroatoms. The van der Waals surface area contributed by atoms with Crippen LogP contribution in [0.3, 0.4) is 0 Å². The Bertz CT molecular complexity index is 1070. The van der Waals surface area contributed by atoms with Gasteiger partial charge in [-0.1, -0.05) is 30.0 Å². The minimum atomic E-state index is -4.78. The summed E-state index contributed by atoms with van der Waals surface area (Å²) in [6.45, 7) is 4.07. The third-order valence-electron chi connectivity index (χ3n) is 3.88. The summed E-state index contributed by atoms with van der Waals surface area (Å²) < 4.78 is 42.1. The standard InChI is InChI=1S/C20H17F3N4O3S/c1-2-11-27-18(15-5-3-4-6-16(15)28)25-26-19(27)31-12-17(29)24-13-7-9-14(10-8-13)30-20(21,22)23/h2-10,28H,1,11-12H2,(H,24,29). The Labute approximate surface area is 179 Å². The number of carbonyl (C=O) groups excluding carboxylic acids is 1. The molecular formula is C20H17F3N4O3S. The van der Waals surface area contributed by atoms with E-state index in [0.717, 1.165) is 23.9 Å². The van der Waals surface area contributed by atoms with Gasteiger partial charge in [-0.25, -0.2) is 0 Å². The van der Waals surface area contributed by atoms with Crippen molar-refractivity contribution in [2.24, 2.45) is 0 Å². The Balaban J connectivity index is 1.65. The molecule has 3 aromatic rings. The molecule has 0 saturated carbocycles. The van der Waals surface area contributed by atoms with Crippen LogP contribution in [0.15, 0.2) is 66.3 Å². The van der Waals surface area contributed by atoms with E-state index < -0.39 is 6.36 Å². The first-order valence-corrected chi connectivity index (χ1v) is 9.86. The number of carbonyl (C=O) groups is 1. The molecule has 2 N–H and O–H groups in total. The zero-order valence-electron chi connectivity index (χ0n) is 16.0. The summed E-state index contributed by atoms with van der Waals surface area (Å²) in [5.74, 6) is -0.300. The minimum Gasteiger partial charge on any atom is -0.507 e. The number of phenolic OH excluding ortho intramolecular Hbond substituents is 1. The lowest BCUT2D eigenvalue weighted by Gasteiger charge is -2.10. The quantitative estimate of drug-likeness (QED) is 0.389. The van der Waals surface area contributed by atoms with Gasteiger partial charge < -0.3 is 15.2 Å². The molecule has 3 rings (SSSR count). The molecule has 1 aromatic heterocycles. The lowest BCUT2D eigenvalue weighted by Crippen LogP contribution is -2.17. The normalized spacial score (nSPS) is 11.2. The van der Waals surface area contributed by atoms with Crippen molar-refractivity contribution in [3.63, 3.8) is 0 Å². The topological polar surface area (TPSA) is 89.3 Å². The largest absolute Gasteiger partial charge is 0.573 e. The van der Waals surface area contributed by atoms with Gasteiger partial charge in [0.25, 0.3) is 0 Å². The number of hydrogen-bond donors (Lipinski definition) is 2. The fourth-order valence-electron chi connectivity index (χ4n) is 2.62. The molecule has 0 atom stereocenters. The zero-order chi connectivity index (χ0) is 22.4. The summed E-state index contributed by atoms with van der Waals surface area (Å²) >= 11 is 1.12.